The van der Waals surface area contributed by atoms with Crippen molar-refractivity contribution in [3.8, 4) is 11.5 Å². The van der Waals surface area contributed by atoms with E-state index in [1.165, 1.54) is 41.3 Å². The van der Waals surface area contributed by atoms with Crippen LogP contribution in [0.15, 0.2) is 57.7 Å². The van der Waals surface area contributed by atoms with Gasteiger partial charge < -0.3 is 9.32 Å². The van der Waals surface area contributed by atoms with Gasteiger partial charge in [-0.2, -0.15) is 4.68 Å². The lowest BCUT2D eigenvalue weighted by Gasteiger charge is -2.16. The molecule has 1 amide bonds. The summed E-state index contributed by atoms with van der Waals surface area (Å²) in [7, 11) is 1.54. The SMILES string of the molecule is CN(Cc1cccc(F)c1)C(=O)Cn1nc(-c2ccc(F)cc2)oc1=O. The maximum absolute atomic E-state index is 13.2. The fourth-order valence-corrected chi connectivity index (χ4v) is 2.36. The van der Waals surface area contributed by atoms with Crippen LogP contribution in [0.1, 0.15) is 5.56 Å². The lowest BCUT2D eigenvalue weighted by molar-refractivity contribution is -0.131. The molecular weight excluding hydrogens is 344 g/mol. The average Bonchev–Trinajstić information content (AvgIpc) is 2.96. The largest absolute Gasteiger partial charge is 0.437 e. The van der Waals surface area contributed by atoms with E-state index in [2.05, 4.69) is 5.10 Å². The molecule has 1 heterocycles. The fraction of sp³-hybridized carbons (Fsp3) is 0.167. The predicted molar refractivity (Wildman–Crippen MR) is 89.0 cm³/mol. The third-order valence-electron chi connectivity index (χ3n) is 3.72. The molecule has 0 fully saturated rings. The normalized spacial score (nSPS) is 10.7. The zero-order chi connectivity index (χ0) is 18.7. The number of benzene rings is 2. The highest BCUT2D eigenvalue weighted by Crippen LogP contribution is 2.15. The van der Waals surface area contributed by atoms with Crippen molar-refractivity contribution < 1.29 is 18.0 Å². The van der Waals surface area contributed by atoms with Crippen LogP contribution in [-0.4, -0.2) is 27.6 Å². The first-order valence-corrected chi connectivity index (χ1v) is 7.74. The Morgan fingerprint density at radius 1 is 1.15 bits per heavy atom. The maximum Gasteiger partial charge on any atom is 0.437 e. The second kappa shape index (κ2) is 7.30. The summed E-state index contributed by atoms with van der Waals surface area (Å²) in [5, 5.41) is 3.96. The van der Waals surface area contributed by atoms with Gasteiger partial charge in [0.25, 0.3) is 0 Å². The molecule has 0 N–H and O–H groups in total. The van der Waals surface area contributed by atoms with Crippen molar-refractivity contribution in [3.05, 3.63) is 76.3 Å². The molecule has 0 aliphatic carbocycles. The number of rotatable bonds is 5. The molecule has 3 rings (SSSR count). The molecule has 3 aromatic rings. The lowest BCUT2D eigenvalue weighted by atomic mass is 10.2. The summed E-state index contributed by atoms with van der Waals surface area (Å²) in [6.45, 7) is -0.136. The molecule has 1 aromatic heterocycles. The molecule has 0 aliphatic rings. The molecule has 6 nitrogen and oxygen atoms in total. The van der Waals surface area contributed by atoms with Gasteiger partial charge in [0.2, 0.25) is 11.8 Å². The van der Waals surface area contributed by atoms with Crippen LogP contribution < -0.4 is 5.76 Å². The first kappa shape index (κ1) is 17.5. The summed E-state index contributed by atoms with van der Waals surface area (Å²) in [5.74, 6) is -2.01. The van der Waals surface area contributed by atoms with Crippen LogP contribution in [-0.2, 0) is 17.9 Å². The van der Waals surface area contributed by atoms with Crippen LogP contribution in [0.5, 0.6) is 0 Å². The second-order valence-corrected chi connectivity index (χ2v) is 5.72. The standard InChI is InChI=1S/C18H15F2N3O3/c1-22(10-12-3-2-4-15(20)9-12)16(24)11-23-18(25)26-17(21-23)13-5-7-14(19)8-6-13/h2-9H,10-11H2,1H3. The van der Waals surface area contributed by atoms with Gasteiger partial charge in [0.1, 0.15) is 18.2 Å². The van der Waals surface area contributed by atoms with Gasteiger partial charge in [-0.1, -0.05) is 12.1 Å². The van der Waals surface area contributed by atoms with Crippen LogP contribution in [0.3, 0.4) is 0 Å². The maximum atomic E-state index is 13.2. The van der Waals surface area contributed by atoms with Crippen molar-refractivity contribution in [3.63, 3.8) is 0 Å². The Bertz CT molecular complexity index is 980. The van der Waals surface area contributed by atoms with Crippen LogP contribution in [0.4, 0.5) is 8.78 Å². The highest BCUT2D eigenvalue weighted by Gasteiger charge is 2.16. The Balaban J connectivity index is 1.71. The summed E-state index contributed by atoms with van der Waals surface area (Å²) in [6.07, 6.45) is 0. The van der Waals surface area contributed by atoms with Crippen LogP contribution in [0, 0.1) is 11.6 Å². The van der Waals surface area contributed by atoms with Crippen molar-refractivity contribution in [1.82, 2.24) is 14.7 Å². The van der Waals surface area contributed by atoms with Crippen LogP contribution in [0.25, 0.3) is 11.5 Å². The molecule has 0 atom stereocenters. The number of aromatic nitrogens is 2. The summed E-state index contributed by atoms with van der Waals surface area (Å²) < 4.78 is 32.1. The molecule has 0 saturated carbocycles. The smallest absolute Gasteiger partial charge is 0.388 e. The predicted octanol–water partition coefficient (Wildman–Crippen LogP) is 2.44. The Morgan fingerprint density at radius 2 is 1.88 bits per heavy atom. The van der Waals surface area contributed by atoms with Gasteiger partial charge in [0, 0.05) is 19.2 Å². The van der Waals surface area contributed by atoms with Gasteiger partial charge in [-0.25, -0.2) is 13.6 Å². The average molecular weight is 359 g/mol. The number of nitrogens with zero attached hydrogens (tertiary/aromatic N) is 3. The zero-order valence-corrected chi connectivity index (χ0v) is 13.9. The van der Waals surface area contributed by atoms with Gasteiger partial charge in [0.05, 0.1) is 0 Å². The van der Waals surface area contributed by atoms with E-state index in [0.717, 1.165) is 4.68 Å². The highest BCUT2D eigenvalue weighted by atomic mass is 19.1. The Hall–Kier alpha value is -3.29. The summed E-state index contributed by atoms with van der Waals surface area (Å²) in [4.78, 5) is 25.5. The van der Waals surface area contributed by atoms with E-state index >= 15 is 0 Å². The molecule has 0 radical (unpaired) electrons. The topological polar surface area (TPSA) is 68.3 Å². The molecule has 8 heteroatoms. The molecule has 2 aromatic carbocycles. The van der Waals surface area contributed by atoms with Gasteiger partial charge in [0.15, 0.2) is 0 Å². The molecule has 134 valence electrons. The number of hydrogen-bond acceptors (Lipinski definition) is 4. The Kier molecular flexibility index (Phi) is 4.92. The molecule has 0 saturated heterocycles. The van der Waals surface area contributed by atoms with Crippen molar-refractivity contribution in [2.75, 3.05) is 7.05 Å². The van der Waals surface area contributed by atoms with Gasteiger partial charge in [-0.15, -0.1) is 5.10 Å². The number of halogens is 2. The number of amides is 1. The molecule has 0 bridgehead atoms. The quantitative estimate of drug-likeness (QED) is 0.702. The number of carbonyl (C=O) groups excluding carboxylic acids is 1. The monoisotopic (exact) mass is 359 g/mol. The minimum Gasteiger partial charge on any atom is -0.388 e. The molecular formula is C18H15F2N3O3. The molecule has 0 unspecified atom stereocenters. The van der Waals surface area contributed by atoms with E-state index < -0.39 is 17.5 Å². The summed E-state index contributed by atoms with van der Waals surface area (Å²) in [6, 6.07) is 11.2. The van der Waals surface area contributed by atoms with Crippen molar-refractivity contribution in [2.24, 2.45) is 0 Å². The minimum atomic E-state index is -0.795. The summed E-state index contributed by atoms with van der Waals surface area (Å²) in [5.41, 5.74) is 1.04. The number of carbonyl (C=O) groups is 1. The van der Waals surface area contributed by atoms with Crippen molar-refractivity contribution in [2.45, 2.75) is 13.1 Å². The lowest BCUT2D eigenvalue weighted by Crippen LogP contribution is -2.33. The van der Waals surface area contributed by atoms with Gasteiger partial charge in [-0.05, 0) is 42.0 Å². The van der Waals surface area contributed by atoms with E-state index in [-0.39, 0.29) is 24.8 Å². The second-order valence-electron chi connectivity index (χ2n) is 5.72. The summed E-state index contributed by atoms with van der Waals surface area (Å²) >= 11 is 0. The first-order valence-electron chi connectivity index (χ1n) is 7.74. The zero-order valence-electron chi connectivity index (χ0n) is 13.9. The van der Waals surface area contributed by atoms with Crippen LogP contribution >= 0.6 is 0 Å². The van der Waals surface area contributed by atoms with E-state index in [1.54, 1.807) is 19.2 Å². The molecule has 0 aliphatic heterocycles. The van der Waals surface area contributed by atoms with E-state index in [9.17, 15) is 18.4 Å². The van der Waals surface area contributed by atoms with E-state index in [1.807, 2.05) is 0 Å². The molecule has 0 spiro atoms. The minimum absolute atomic E-state index is 0.00409. The third kappa shape index (κ3) is 4.02. The van der Waals surface area contributed by atoms with Crippen molar-refractivity contribution in [1.29, 1.82) is 0 Å². The third-order valence-corrected chi connectivity index (χ3v) is 3.72. The fourth-order valence-electron chi connectivity index (χ4n) is 2.36. The van der Waals surface area contributed by atoms with Crippen molar-refractivity contribution >= 4 is 5.91 Å². The Labute approximate surface area is 147 Å². The van der Waals surface area contributed by atoms with E-state index in [0.29, 0.717) is 11.1 Å². The van der Waals surface area contributed by atoms with Gasteiger partial charge in [-0.3, -0.25) is 4.79 Å². The molecule has 26 heavy (non-hydrogen) atoms. The Morgan fingerprint density at radius 3 is 2.58 bits per heavy atom. The van der Waals surface area contributed by atoms with Gasteiger partial charge >= 0.3 is 5.76 Å². The van der Waals surface area contributed by atoms with E-state index in [4.69, 9.17) is 4.42 Å². The number of likely N-dealkylation sites (N-methyl/N-ethyl adjacent to an activating group) is 1. The first-order chi connectivity index (χ1) is 12.4. The number of hydrogen-bond donors (Lipinski definition) is 0. The van der Waals surface area contributed by atoms with Crippen LogP contribution in [0.2, 0.25) is 0 Å². The highest BCUT2D eigenvalue weighted by molar-refractivity contribution is 5.75.